The van der Waals surface area contributed by atoms with Gasteiger partial charge in [0.25, 0.3) is 0 Å². The fourth-order valence-corrected chi connectivity index (χ4v) is 3.50. The molecule has 1 N–H and O–H groups in total. The van der Waals surface area contributed by atoms with E-state index in [2.05, 4.69) is 46.9 Å². The molecule has 0 aliphatic carbocycles. The van der Waals surface area contributed by atoms with Gasteiger partial charge in [0.15, 0.2) is 5.78 Å². The maximum absolute atomic E-state index is 12.3. The summed E-state index contributed by atoms with van der Waals surface area (Å²) in [5.41, 5.74) is 0. The molecule has 0 amide bonds. The molecule has 3 heteroatoms. The highest BCUT2D eigenvalue weighted by Crippen LogP contribution is 2.33. The van der Waals surface area contributed by atoms with Crippen LogP contribution in [0.4, 0.5) is 0 Å². The van der Waals surface area contributed by atoms with Gasteiger partial charge in [0.2, 0.25) is 0 Å². The molecule has 0 aliphatic heterocycles. The third-order valence-electron chi connectivity index (χ3n) is 2.59. The number of carbonyl (C=O) groups excluding carboxylic acids is 1. The van der Waals surface area contributed by atoms with E-state index in [0.29, 0.717) is 17.1 Å². The van der Waals surface area contributed by atoms with Gasteiger partial charge in [-0.1, -0.05) is 41.5 Å². The fraction of sp³-hybridized carbons (Fsp3) is 0.929. The highest BCUT2D eigenvalue weighted by atomic mass is 32.2. The van der Waals surface area contributed by atoms with Crippen LogP contribution in [0.2, 0.25) is 0 Å². The molecule has 0 aromatic rings. The summed E-state index contributed by atoms with van der Waals surface area (Å²) < 4.78 is -0.0697. The molecule has 0 radical (unpaired) electrons. The number of ketones is 1. The van der Waals surface area contributed by atoms with Crippen LogP contribution in [0, 0.1) is 5.92 Å². The number of Topliss-reactive ketones (excluding diaryl/α,β-unsaturated/α-hetero) is 1. The number of hydrogen-bond acceptors (Lipinski definition) is 3. The molecule has 102 valence electrons. The molecule has 0 fully saturated rings. The Hall–Kier alpha value is -0.0200. The van der Waals surface area contributed by atoms with E-state index >= 15 is 0 Å². The van der Waals surface area contributed by atoms with Crippen molar-refractivity contribution in [2.45, 2.75) is 77.5 Å². The maximum Gasteiger partial charge on any atom is 0.153 e. The Labute approximate surface area is 111 Å². The monoisotopic (exact) mass is 259 g/mol. The normalized spacial score (nSPS) is 14.8. The Bertz CT molecular complexity index is 247. The highest BCUT2D eigenvalue weighted by Gasteiger charge is 2.37. The first-order valence-corrected chi connectivity index (χ1v) is 7.43. The standard InChI is InChI=1S/C14H29NOS/c1-9(2)12(16)13(15-10(3)4)14(7,8)17-11(5)6/h9-11,13,15H,1-8H3. The lowest BCUT2D eigenvalue weighted by atomic mass is 9.91. The number of hydrogen-bond donors (Lipinski definition) is 1. The van der Waals surface area contributed by atoms with Crippen molar-refractivity contribution in [2.24, 2.45) is 5.92 Å². The van der Waals surface area contributed by atoms with E-state index in [4.69, 9.17) is 0 Å². The number of carbonyl (C=O) groups is 1. The van der Waals surface area contributed by atoms with Crippen LogP contribution in [0.5, 0.6) is 0 Å². The van der Waals surface area contributed by atoms with E-state index in [1.807, 2.05) is 25.6 Å². The van der Waals surface area contributed by atoms with Gasteiger partial charge in [-0.05, 0) is 19.1 Å². The molecule has 0 heterocycles. The minimum atomic E-state index is -0.0742. The number of rotatable bonds is 7. The Balaban J connectivity index is 4.95. The molecule has 17 heavy (non-hydrogen) atoms. The third kappa shape index (κ3) is 5.91. The van der Waals surface area contributed by atoms with Crippen LogP contribution in [-0.2, 0) is 4.79 Å². The lowest BCUT2D eigenvalue weighted by Gasteiger charge is -2.37. The average molecular weight is 259 g/mol. The maximum atomic E-state index is 12.3. The molecule has 0 rings (SSSR count). The molecule has 0 aliphatic rings. The second kappa shape index (κ2) is 6.79. The summed E-state index contributed by atoms with van der Waals surface area (Å²) in [7, 11) is 0. The fourth-order valence-electron chi connectivity index (χ4n) is 1.97. The van der Waals surface area contributed by atoms with Crippen LogP contribution in [0.1, 0.15) is 55.4 Å². The van der Waals surface area contributed by atoms with Gasteiger partial charge in [0.1, 0.15) is 0 Å². The van der Waals surface area contributed by atoms with E-state index in [9.17, 15) is 4.79 Å². The topological polar surface area (TPSA) is 29.1 Å². The van der Waals surface area contributed by atoms with Gasteiger partial charge in [-0.15, -0.1) is 0 Å². The highest BCUT2D eigenvalue weighted by molar-refractivity contribution is 8.01. The first kappa shape index (κ1) is 17.0. The van der Waals surface area contributed by atoms with E-state index in [0.717, 1.165) is 0 Å². The van der Waals surface area contributed by atoms with Crippen molar-refractivity contribution in [1.82, 2.24) is 5.32 Å². The van der Waals surface area contributed by atoms with Gasteiger partial charge in [-0.25, -0.2) is 0 Å². The van der Waals surface area contributed by atoms with Crippen molar-refractivity contribution in [3.63, 3.8) is 0 Å². The molecule has 1 atom stereocenters. The van der Waals surface area contributed by atoms with Crippen molar-refractivity contribution in [1.29, 1.82) is 0 Å². The third-order valence-corrected chi connectivity index (χ3v) is 3.90. The van der Waals surface area contributed by atoms with Crippen LogP contribution in [-0.4, -0.2) is 27.9 Å². The van der Waals surface area contributed by atoms with Gasteiger partial charge in [-0.3, -0.25) is 4.79 Å². The summed E-state index contributed by atoms with van der Waals surface area (Å²) in [6.45, 7) is 16.8. The summed E-state index contributed by atoms with van der Waals surface area (Å²) in [4.78, 5) is 12.3. The Morgan fingerprint density at radius 1 is 1.06 bits per heavy atom. The summed E-state index contributed by atoms with van der Waals surface area (Å²) in [5, 5.41) is 3.97. The molecule has 0 spiro atoms. The lowest BCUT2D eigenvalue weighted by molar-refractivity contribution is -0.124. The zero-order valence-electron chi connectivity index (χ0n) is 12.6. The van der Waals surface area contributed by atoms with Gasteiger partial charge >= 0.3 is 0 Å². The second-order valence-electron chi connectivity index (χ2n) is 6.08. The quantitative estimate of drug-likeness (QED) is 0.759. The Morgan fingerprint density at radius 3 is 1.82 bits per heavy atom. The predicted molar refractivity (Wildman–Crippen MR) is 78.7 cm³/mol. The summed E-state index contributed by atoms with van der Waals surface area (Å²) in [5.74, 6) is 0.398. The average Bonchev–Trinajstić information content (AvgIpc) is 2.10. The van der Waals surface area contributed by atoms with Crippen LogP contribution in [0.15, 0.2) is 0 Å². The second-order valence-corrected chi connectivity index (χ2v) is 8.31. The van der Waals surface area contributed by atoms with E-state index in [-0.39, 0.29) is 16.7 Å². The predicted octanol–water partition coefficient (Wildman–Crippen LogP) is 3.50. The summed E-state index contributed by atoms with van der Waals surface area (Å²) in [6.07, 6.45) is 0. The molecular formula is C14H29NOS. The van der Waals surface area contributed by atoms with E-state index in [1.165, 1.54) is 0 Å². The lowest BCUT2D eigenvalue weighted by Crippen LogP contribution is -2.54. The molecule has 2 nitrogen and oxygen atoms in total. The minimum Gasteiger partial charge on any atom is -0.304 e. The van der Waals surface area contributed by atoms with E-state index in [1.54, 1.807) is 0 Å². The largest absolute Gasteiger partial charge is 0.304 e. The van der Waals surface area contributed by atoms with Crippen molar-refractivity contribution in [3.8, 4) is 0 Å². The molecule has 0 bridgehead atoms. The van der Waals surface area contributed by atoms with Crippen molar-refractivity contribution >= 4 is 17.5 Å². The van der Waals surface area contributed by atoms with E-state index < -0.39 is 0 Å². The van der Waals surface area contributed by atoms with Crippen LogP contribution >= 0.6 is 11.8 Å². The van der Waals surface area contributed by atoms with Crippen LogP contribution < -0.4 is 5.32 Å². The van der Waals surface area contributed by atoms with Crippen LogP contribution in [0.25, 0.3) is 0 Å². The van der Waals surface area contributed by atoms with Crippen molar-refractivity contribution < 1.29 is 4.79 Å². The Morgan fingerprint density at radius 2 is 1.53 bits per heavy atom. The molecular weight excluding hydrogens is 230 g/mol. The first-order valence-electron chi connectivity index (χ1n) is 6.55. The zero-order valence-corrected chi connectivity index (χ0v) is 13.4. The van der Waals surface area contributed by atoms with Crippen LogP contribution in [0.3, 0.4) is 0 Å². The molecule has 1 unspecified atom stereocenters. The van der Waals surface area contributed by atoms with Crippen molar-refractivity contribution in [3.05, 3.63) is 0 Å². The smallest absolute Gasteiger partial charge is 0.153 e. The summed E-state index contributed by atoms with van der Waals surface area (Å²) >= 11 is 1.87. The van der Waals surface area contributed by atoms with Crippen molar-refractivity contribution in [2.75, 3.05) is 0 Å². The van der Waals surface area contributed by atoms with Gasteiger partial charge in [-0.2, -0.15) is 11.8 Å². The SMILES string of the molecule is CC(C)NC(C(=O)C(C)C)C(C)(C)SC(C)C. The van der Waals surface area contributed by atoms with Gasteiger partial charge < -0.3 is 5.32 Å². The van der Waals surface area contributed by atoms with Gasteiger partial charge in [0.05, 0.1) is 6.04 Å². The molecule has 0 saturated carbocycles. The number of nitrogens with one attached hydrogen (secondary N) is 1. The zero-order chi connectivity index (χ0) is 13.8. The molecule has 0 aromatic heterocycles. The molecule has 0 aromatic carbocycles. The van der Waals surface area contributed by atoms with Gasteiger partial charge in [0, 0.05) is 16.7 Å². The summed E-state index contributed by atoms with van der Waals surface area (Å²) in [6, 6.07) is 0.254. The number of thioether (sulfide) groups is 1. The molecule has 0 saturated heterocycles. The minimum absolute atomic E-state index is 0.0697. The first-order chi connectivity index (χ1) is 7.58. The Kier molecular flexibility index (Phi) is 6.78.